The largest absolute Gasteiger partial charge is 0.459 e. The monoisotopic (exact) mass is 245 g/mol. The van der Waals surface area contributed by atoms with Crippen LogP contribution in [0, 0.1) is 5.92 Å². The minimum atomic E-state index is 0.322. The number of para-hydroxylation sites is 1. The van der Waals surface area contributed by atoms with Crippen molar-refractivity contribution in [3.63, 3.8) is 0 Å². The molecule has 0 aliphatic rings. The maximum atomic E-state index is 5.99. The van der Waals surface area contributed by atoms with Crippen molar-refractivity contribution in [2.75, 3.05) is 6.54 Å². The molecule has 0 amide bonds. The second kappa shape index (κ2) is 6.05. The summed E-state index contributed by atoms with van der Waals surface area (Å²) in [5.41, 5.74) is 0.985. The zero-order valence-electron chi connectivity index (χ0n) is 11.6. The Hall–Kier alpha value is -1.28. The summed E-state index contributed by atoms with van der Waals surface area (Å²) in [5.74, 6) is 1.65. The van der Waals surface area contributed by atoms with Crippen LogP contribution in [0.5, 0.6) is 0 Å². The molecule has 2 aromatic rings. The van der Waals surface area contributed by atoms with Crippen molar-refractivity contribution >= 4 is 11.0 Å². The summed E-state index contributed by atoms with van der Waals surface area (Å²) in [6.07, 6.45) is 2.30. The number of benzene rings is 1. The zero-order chi connectivity index (χ0) is 13.0. The number of nitrogens with one attached hydrogen (secondary N) is 1. The summed E-state index contributed by atoms with van der Waals surface area (Å²) in [4.78, 5) is 0. The molecule has 1 aromatic carbocycles. The fourth-order valence-corrected chi connectivity index (χ4v) is 2.27. The SMILES string of the molecule is CCCNC(c1cc2ccccc2o1)C(C)CC. The van der Waals surface area contributed by atoms with E-state index in [0.717, 1.165) is 30.7 Å². The van der Waals surface area contributed by atoms with Gasteiger partial charge in [-0.1, -0.05) is 45.4 Å². The molecule has 2 heteroatoms. The van der Waals surface area contributed by atoms with Crippen molar-refractivity contribution in [3.05, 3.63) is 36.1 Å². The summed E-state index contributed by atoms with van der Waals surface area (Å²) in [6, 6.07) is 10.7. The van der Waals surface area contributed by atoms with Gasteiger partial charge in [0.25, 0.3) is 0 Å². The summed E-state index contributed by atoms with van der Waals surface area (Å²) < 4.78 is 5.99. The number of hydrogen-bond acceptors (Lipinski definition) is 2. The molecule has 98 valence electrons. The highest BCUT2D eigenvalue weighted by Gasteiger charge is 2.20. The van der Waals surface area contributed by atoms with Gasteiger partial charge in [-0.25, -0.2) is 0 Å². The van der Waals surface area contributed by atoms with Gasteiger partial charge in [-0.3, -0.25) is 0 Å². The molecule has 0 saturated carbocycles. The van der Waals surface area contributed by atoms with Crippen molar-refractivity contribution in [1.82, 2.24) is 5.32 Å². The lowest BCUT2D eigenvalue weighted by atomic mass is 9.96. The first kappa shape index (κ1) is 13.2. The van der Waals surface area contributed by atoms with Crippen molar-refractivity contribution in [1.29, 1.82) is 0 Å². The van der Waals surface area contributed by atoms with E-state index in [0.29, 0.717) is 12.0 Å². The van der Waals surface area contributed by atoms with Gasteiger partial charge in [0.1, 0.15) is 11.3 Å². The Bertz CT molecular complexity index is 456. The van der Waals surface area contributed by atoms with Gasteiger partial charge >= 0.3 is 0 Å². The fraction of sp³-hybridized carbons (Fsp3) is 0.500. The molecule has 18 heavy (non-hydrogen) atoms. The van der Waals surface area contributed by atoms with Gasteiger partial charge in [0.15, 0.2) is 0 Å². The Morgan fingerprint density at radius 2 is 2.00 bits per heavy atom. The second-order valence-corrected chi connectivity index (χ2v) is 5.00. The predicted molar refractivity (Wildman–Crippen MR) is 76.7 cm³/mol. The molecule has 0 bridgehead atoms. The van der Waals surface area contributed by atoms with E-state index >= 15 is 0 Å². The normalized spacial score (nSPS) is 14.8. The van der Waals surface area contributed by atoms with Gasteiger partial charge in [-0.2, -0.15) is 0 Å². The van der Waals surface area contributed by atoms with Crippen LogP contribution in [0.3, 0.4) is 0 Å². The van der Waals surface area contributed by atoms with Gasteiger partial charge in [0, 0.05) is 5.39 Å². The number of furan rings is 1. The van der Waals surface area contributed by atoms with Gasteiger partial charge < -0.3 is 9.73 Å². The van der Waals surface area contributed by atoms with Crippen molar-refractivity contribution in [3.8, 4) is 0 Å². The Morgan fingerprint density at radius 1 is 1.22 bits per heavy atom. The van der Waals surface area contributed by atoms with Crippen LogP contribution < -0.4 is 5.32 Å². The smallest absolute Gasteiger partial charge is 0.134 e. The Kier molecular flexibility index (Phi) is 4.43. The minimum absolute atomic E-state index is 0.322. The van der Waals surface area contributed by atoms with Gasteiger partial charge in [0.2, 0.25) is 0 Å². The zero-order valence-corrected chi connectivity index (χ0v) is 11.6. The first-order valence-electron chi connectivity index (χ1n) is 6.98. The first-order chi connectivity index (χ1) is 8.76. The predicted octanol–water partition coefficient (Wildman–Crippen LogP) is 4.52. The molecule has 2 unspecified atom stereocenters. The van der Waals surface area contributed by atoms with E-state index in [1.807, 2.05) is 12.1 Å². The van der Waals surface area contributed by atoms with E-state index in [1.165, 1.54) is 5.39 Å². The van der Waals surface area contributed by atoms with Crippen LogP contribution in [0.25, 0.3) is 11.0 Å². The summed E-state index contributed by atoms with van der Waals surface area (Å²) in [6.45, 7) is 7.74. The van der Waals surface area contributed by atoms with Crippen molar-refractivity contribution in [2.24, 2.45) is 5.92 Å². The summed E-state index contributed by atoms with van der Waals surface area (Å²) in [7, 11) is 0. The highest BCUT2D eigenvalue weighted by atomic mass is 16.3. The molecule has 0 aliphatic heterocycles. The van der Waals surface area contributed by atoms with Crippen LogP contribution in [-0.4, -0.2) is 6.54 Å². The molecule has 0 aliphatic carbocycles. The van der Waals surface area contributed by atoms with E-state index < -0.39 is 0 Å². The number of fused-ring (bicyclic) bond motifs is 1. The molecule has 0 saturated heterocycles. The third-order valence-electron chi connectivity index (χ3n) is 3.58. The molecular weight excluding hydrogens is 222 g/mol. The molecule has 1 heterocycles. The third-order valence-corrected chi connectivity index (χ3v) is 3.58. The topological polar surface area (TPSA) is 25.2 Å². The van der Waals surface area contributed by atoms with Gasteiger partial charge in [0.05, 0.1) is 6.04 Å². The van der Waals surface area contributed by atoms with Crippen LogP contribution in [0.15, 0.2) is 34.7 Å². The lowest BCUT2D eigenvalue weighted by molar-refractivity contribution is 0.327. The van der Waals surface area contributed by atoms with E-state index in [-0.39, 0.29) is 0 Å². The molecule has 2 rings (SSSR count). The maximum absolute atomic E-state index is 5.99. The van der Waals surface area contributed by atoms with E-state index in [9.17, 15) is 0 Å². The lowest BCUT2D eigenvalue weighted by Crippen LogP contribution is -2.27. The molecular formula is C16H23NO. The van der Waals surface area contributed by atoms with Crippen LogP contribution >= 0.6 is 0 Å². The maximum Gasteiger partial charge on any atom is 0.134 e. The molecule has 2 nitrogen and oxygen atoms in total. The van der Waals surface area contributed by atoms with Crippen LogP contribution in [0.1, 0.15) is 45.4 Å². The average Bonchev–Trinajstić information content (AvgIpc) is 2.82. The number of rotatable bonds is 6. The highest BCUT2D eigenvalue weighted by Crippen LogP contribution is 2.29. The second-order valence-electron chi connectivity index (χ2n) is 5.00. The van der Waals surface area contributed by atoms with Gasteiger partial charge in [-0.05, 0) is 31.0 Å². The van der Waals surface area contributed by atoms with Crippen molar-refractivity contribution < 1.29 is 4.42 Å². The molecule has 0 spiro atoms. The Labute approximate surface area is 109 Å². The third kappa shape index (κ3) is 2.75. The molecule has 2 atom stereocenters. The Morgan fingerprint density at radius 3 is 2.67 bits per heavy atom. The summed E-state index contributed by atoms with van der Waals surface area (Å²) >= 11 is 0. The molecule has 0 radical (unpaired) electrons. The van der Waals surface area contributed by atoms with Crippen LogP contribution in [0.4, 0.5) is 0 Å². The number of hydrogen-bond donors (Lipinski definition) is 1. The highest BCUT2D eigenvalue weighted by molar-refractivity contribution is 5.77. The lowest BCUT2D eigenvalue weighted by Gasteiger charge is -2.22. The van der Waals surface area contributed by atoms with Crippen LogP contribution in [0.2, 0.25) is 0 Å². The van der Waals surface area contributed by atoms with E-state index in [1.54, 1.807) is 0 Å². The van der Waals surface area contributed by atoms with Crippen LogP contribution in [-0.2, 0) is 0 Å². The van der Waals surface area contributed by atoms with E-state index in [4.69, 9.17) is 4.42 Å². The van der Waals surface area contributed by atoms with E-state index in [2.05, 4.69) is 44.3 Å². The molecule has 0 fully saturated rings. The average molecular weight is 245 g/mol. The Balaban J connectivity index is 2.28. The standard InChI is InChI=1S/C16H23NO/c1-4-10-17-16(12(3)5-2)15-11-13-8-6-7-9-14(13)18-15/h6-9,11-12,16-17H,4-5,10H2,1-3H3. The molecule has 1 aromatic heterocycles. The van der Waals surface area contributed by atoms with Crippen molar-refractivity contribution in [2.45, 2.75) is 39.7 Å². The molecule has 1 N–H and O–H groups in total. The summed E-state index contributed by atoms with van der Waals surface area (Å²) in [5, 5.41) is 4.80. The fourth-order valence-electron chi connectivity index (χ4n) is 2.27. The minimum Gasteiger partial charge on any atom is -0.459 e. The first-order valence-corrected chi connectivity index (χ1v) is 6.98. The van der Waals surface area contributed by atoms with Gasteiger partial charge in [-0.15, -0.1) is 0 Å². The quantitative estimate of drug-likeness (QED) is 0.809.